The topological polar surface area (TPSA) is 12.0 Å². The van der Waals surface area contributed by atoms with Crippen LogP contribution in [-0.2, 0) is 0 Å². The maximum Gasteiger partial charge on any atom is 0.00774 e. The summed E-state index contributed by atoms with van der Waals surface area (Å²) < 4.78 is 0. The Hall–Kier alpha value is -0.0400. The third-order valence-electron chi connectivity index (χ3n) is 5.43. The van der Waals surface area contributed by atoms with Gasteiger partial charge < -0.3 is 5.32 Å². The van der Waals surface area contributed by atoms with Crippen molar-refractivity contribution < 1.29 is 0 Å². The average molecular weight is 265 g/mol. The first-order valence-electron chi connectivity index (χ1n) is 8.43. The highest BCUT2D eigenvalue weighted by atomic mass is 14.9. The lowest BCUT2D eigenvalue weighted by atomic mass is 9.63. The van der Waals surface area contributed by atoms with Crippen molar-refractivity contribution in [2.24, 2.45) is 16.2 Å². The van der Waals surface area contributed by atoms with Gasteiger partial charge in [-0.15, -0.1) is 0 Å². The lowest BCUT2D eigenvalue weighted by Crippen LogP contribution is -2.47. The molecule has 0 amide bonds. The maximum absolute atomic E-state index is 3.94. The largest absolute Gasteiger partial charge is 0.313 e. The van der Waals surface area contributed by atoms with Gasteiger partial charge in [0, 0.05) is 12.6 Å². The average Bonchev–Trinajstić information content (AvgIpc) is 2.23. The van der Waals surface area contributed by atoms with E-state index in [1.807, 2.05) is 0 Å². The van der Waals surface area contributed by atoms with E-state index in [0.717, 1.165) is 6.04 Å². The van der Waals surface area contributed by atoms with E-state index in [2.05, 4.69) is 39.9 Å². The van der Waals surface area contributed by atoms with E-state index >= 15 is 0 Å². The smallest absolute Gasteiger partial charge is 0.00774 e. The van der Waals surface area contributed by atoms with Crippen molar-refractivity contribution >= 4 is 0 Å². The first kappa shape index (κ1) is 15.4. The Morgan fingerprint density at radius 2 is 1.37 bits per heavy atom. The van der Waals surface area contributed by atoms with E-state index < -0.39 is 0 Å². The second-order valence-corrected chi connectivity index (χ2v) is 9.36. The van der Waals surface area contributed by atoms with Crippen LogP contribution in [0, 0.1) is 16.2 Å². The first-order chi connectivity index (χ1) is 8.70. The normalized spacial score (nSPS) is 30.2. The van der Waals surface area contributed by atoms with Crippen molar-refractivity contribution in [1.82, 2.24) is 5.32 Å². The summed E-state index contributed by atoms with van der Waals surface area (Å²) in [6.45, 7) is 13.5. The van der Waals surface area contributed by atoms with Gasteiger partial charge in [-0.25, -0.2) is 0 Å². The molecule has 0 heterocycles. The highest BCUT2D eigenvalue weighted by Gasteiger charge is 2.39. The molecule has 0 spiro atoms. The summed E-state index contributed by atoms with van der Waals surface area (Å²) in [7, 11) is 0. The molecule has 0 radical (unpaired) electrons. The Morgan fingerprint density at radius 1 is 0.842 bits per heavy atom. The van der Waals surface area contributed by atoms with Crippen LogP contribution >= 0.6 is 0 Å². The Balaban J connectivity index is 1.88. The van der Waals surface area contributed by atoms with Gasteiger partial charge in [-0.3, -0.25) is 0 Å². The number of hydrogen-bond donors (Lipinski definition) is 1. The van der Waals surface area contributed by atoms with Crippen molar-refractivity contribution in [1.29, 1.82) is 0 Å². The van der Waals surface area contributed by atoms with Crippen molar-refractivity contribution in [2.45, 2.75) is 92.0 Å². The van der Waals surface area contributed by atoms with Gasteiger partial charge in [0.05, 0.1) is 0 Å². The summed E-state index contributed by atoms with van der Waals surface area (Å²) >= 11 is 0. The molecule has 2 aliphatic rings. The Labute approximate surface area is 120 Å². The quantitative estimate of drug-likeness (QED) is 0.744. The van der Waals surface area contributed by atoms with Crippen LogP contribution in [0.2, 0.25) is 0 Å². The first-order valence-corrected chi connectivity index (χ1v) is 8.43. The van der Waals surface area contributed by atoms with E-state index in [-0.39, 0.29) is 0 Å². The maximum atomic E-state index is 3.94. The predicted octanol–water partition coefficient (Wildman–Crippen LogP) is 5.15. The van der Waals surface area contributed by atoms with Crippen LogP contribution in [0.1, 0.15) is 86.0 Å². The van der Waals surface area contributed by atoms with Gasteiger partial charge in [0.25, 0.3) is 0 Å². The van der Waals surface area contributed by atoms with E-state index in [1.54, 1.807) is 0 Å². The molecule has 0 bridgehead atoms. The number of nitrogens with one attached hydrogen (secondary N) is 1. The zero-order valence-electron chi connectivity index (χ0n) is 13.9. The minimum Gasteiger partial charge on any atom is -0.313 e. The van der Waals surface area contributed by atoms with Crippen molar-refractivity contribution in [3.05, 3.63) is 0 Å². The fourth-order valence-electron chi connectivity index (χ4n) is 4.96. The number of hydrogen-bond acceptors (Lipinski definition) is 1. The second-order valence-electron chi connectivity index (χ2n) is 9.36. The molecule has 2 aliphatic carbocycles. The minimum absolute atomic E-state index is 0.507. The molecular weight excluding hydrogens is 230 g/mol. The van der Waals surface area contributed by atoms with Crippen molar-refractivity contribution in [3.8, 4) is 0 Å². The third-order valence-corrected chi connectivity index (χ3v) is 5.43. The summed E-state index contributed by atoms with van der Waals surface area (Å²) in [6.07, 6.45) is 11.3. The van der Waals surface area contributed by atoms with E-state index in [1.165, 1.54) is 57.9 Å². The van der Waals surface area contributed by atoms with Gasteiger partial charge in [0.2, 0.25) is 0 Å². The summed E-state index contributed by atoms with van der Waals surface area (Å²) in [4.78, 5) is 0. The molecule has 0 unspecified atom stereocenters. The molecule has 112 valence electrons. The van der Waals surface area contributed by atoms with Crippen LogP contribution < -0.4 is 5.32 Å². The second kappa shape index (κ2) is 5.39. The standard InChI is InChI=1S/C18H35N/c1-16(2)11-15(12-17(3,4)13-16)19-14-18(5)9-7-6-8-10-18/h15,19H,6-14H2,1-5H3. The fraction of sp³-hybridized carbons (Fsp3) is 1.00. The Kier molecular flexibility index (Phi) is 4.35. The lowest BCUT2D eigenvalue weighted by Gasteiger charge is -2.46. The Bertz CT molecular complexity index is 281. The summed E-state index contributed by atoms with van der Waals surface area (Å²) in [5.41, 5.74) is 1.59. The van der Waals surface area contributed by atoms with Crippen molar-refractivity contribution in [2.75, 3.05) is 6.54 Å². The lowest BCUT2D eigenvalue weighted by molar-refractivity contribution is 0.0762. The van der Waals surface area contributed by atoms with Crippen LogP contribution in [0.15, 0.2) is 0 Å². The summed E-state index contributed by atoms with van der Waals surface area (Å²) in [5, 5.41) is 3.94. The van der Waals surface area contributed by atoms with Gasteiger partial charge in [-0.1, -0.05) is 53.9 Å². The van der Waals surface area contributed by atoms with Gasteiger partial charge in [-0.2, -0.15) is 0 Å². The van der Waals surface area contributed by atoms with E-state index in [4.69, 9.17) is 0 Å². The molecule has 19 heavy (non-hydrogen) atoms. The van der Waals surface area contributed by atoms with E-state index in [0.29, 0.717) is 16.2 Å². The molecule has 0 aromatic heterocycles. The molecule has 0 aromatic carbocycles. The summed E-state index contributed by atoms with van der Waals surface area (Å²) in [6, 6.07) is 0.734. The molecule has 1 heteroatoms. The molecule has 0 saturated heterocycles. The minimum atomic E-state index is 0.507. The molecule has 1 N–H and O–H groups in total. The zero-order valence-corrected chi connectivity index (χ0v) is 13.9. The monoisotopic (exact) mass is 265 g/mol. The van der Waals surface area contributed by atoms with Crippen LogP contribution in [-0.4, -0.2) is 12.6 Å². The molecule has 0 aromatic rings. The molecule has 2 saturated carbocycles. The highest BCUT2D eigenvalue weighted by molar-refractivity contribution is 4.93. The van der Waals surface area contributed by atoms with E-state index in [9.17, 15) is 0 Å². The van der Waals surface area contributed by atoms with Gasteiger partial charge in [0.15, 0.2) is 0 Å². The van der Waals surface area contributed by atoms with Crippen LogP contribution in [0.3, 0.4) is 0 Å². The number of rotatable bonds is 3. The molecule has 0 atom stereocenters. The Morgan fingerprint density at radius 3 is 1.89 bits per heavy atom. The van der Waals surface area contributed by atoms with Gasteiger partial charge >= 0.3 is 0 Å². The zero-order chi connectivity index (χ0) is 14.1. The molecule has 2 fully saturated rings. The fourth-order valence-corrected chi connectivity index (χ4v) is 4.96. The molecule has 1 nitrogen and oxygen atoms in total. The predicted molar refractivity (Wildman–Crippen MR) is 84.4 cm³/mol. The van der Waals surface area contributed by atoms with Crippen molar-refractivity contribution in [3.63, 3.8) is 0 Å². The molecule has 2 rings (SSSR count). The van der Waals surface area contributed by atoms with Crippen LogP contribution in [0.5, 0.6) is 0 Å². The van der Waals surface area contributed by atoms with Gasteiger partial charge in [0.1, 0.15) is 0 Å². The third kappa shape index (κ3) is 4.48. The van der Waals surface area contributed by atoms with Gasteiger partial charge in [-0.05, 0) is 48.3 Å². The summed E-state index contributed by atoms with van der Waals surface area (Å²) in [5.74, 6) is 0. The molecular formula is C18H35N. The highest BCUT2D eigenvalue weighted by Crippen LogP contribution is 2.46. The molecule has 0 aliphatic heterocycles. The van der Waals surface area contributed by atoms with Crippen LogP contribution in [0.4, 0.5) is 0 Å². The van der Waals surface area contributed by atoms with Crippen LogP contribution in [0.25, 0.3) is 0 Å². The SMILES string of the molecule is CC1(C)CC(NCC2(C)CCCCC2)CC(C)(C)C1.